The minimum absolute atomic E-state index is 0.0650. The van der Waals surface area contributed by atoms with E-state index in [1.54, 1.807) is 0 Å². The summed E-state index contributed by atoms with van der Waals surface area (Å²) < 4.78 is 19.6. The van der Waals surface area contributed by atoms with Crippen molar-refractivity contribution in [3.05, 3.63) is 169 Å². The van der Waals surface area contributed by atoms with Crippen molar-refractivity contribution >= 4 is 55.7 Å². The molecular formula is C46H30N2O3. The van der Waals surface area contributed by atoms with Crippen LogP contribution in [-0.4, -0.2) is 0 Å². The summed E-state index contributed by atoms with van der Waals surface area (Å²) in [6, 6.07) is 55.0. The van der Waals surface area contributed by atoms with Gasteiger partial charge in [-0.05, 0) is 83.6 Å². The molecule has 0 spiro atoms. The number of hydrogen-bond acceptors (Lipinski definition) is 5. The summed E-state index contributed by atoms with van der Waals surface area (Å²) in [5, 5.41) is 4.61. The minimum Gasteiger partial charge on any atom is -0.457 e. The summed E-state index contributed by atoms with van der Waals surface area (Å²) in [6.07, 6.45) is 0. The summed E-state index contributed by atoms with van der Waals surface area (Å²) in [5.74, 6) is 5.14. The third kappa shape index (κ3) is 4.15. The van der Waals surface area contributed by atoms with Gasteiger partial charge in [-0.1, -0.05) is 91.9 Å². The van der Waals surface area contributed by atoms with Crippen LogP contribution in [0.1, 0.15) is 24.0 Å². The van der Waals surface area contributed by atoms with Gasteiger partial charge in [-0.15, -0.1) is 0 Å². The van der Waals surface area contributed by atoms with Crippen molar-refractivity contribution in [2.75, 3.05) is 9.80 Å². The highest BCUT2D eigenvalue weighted by Crippen LogP contribution is 2.57. The maximum Gasteiger partial charge on any atom is 0.152 e. The number of fused-ring (bicyclic) bond motifs is 10. The van der Waals surface area contributed by atoms with E-state index in [4.69, 9.17) is 14.2 Å². The van der Waals surface area contributed by atoms with Crippen LogP contribution in [-0.2, 0) is 0 Å². The fourth-order valence-electron chi connectivity index (χ4n) is 8.07. The third-order valence-corrected chi connectivity index (χ3v) is 10.5. The fraction of sp³-hybridized carbons (Fsp3) is 0.0435. The Morgan fingerprint density at radius 1 is 0.392 bits per heavy atom. The summed E-state index contributed by atoms with van der Waals surface area (Å²) in [7, 11) is 0. The Morgan fingerprint density at radius 2 is 0.804 bits per heavy atom. The third-order valence-electron chi connectivity index (χ3n) is 10.5. The number of nitrogens with zero attached hydrogens (tertiary/aromatic N) is 2. The van der Waals surface area contributed by atoms with Gasteiger partial charge in [0.1, 0.15) is 11.5 Å². The van der Waals surface area contributed by atoms with Crippen molar-refractivity contribution < 1.29 is 14.2 Å². The lowest BCUT2D eigenvalue weighted by Crippen LogP contribution is -2.18. The lowest BCUT2D eigenvalue weighted by atomic mass is 9.88. The molecule has 8 aromatic carbocycles. The topological polar surface area (TPSA) is 34.2 Å². The first-order valence-electron chi connectivity index (χ1n) is 17.3. The van der Waals surface area contributed by atoms with E-state index in [2.05, 4.69) is 150 Å². The Hall–Kier alpha value is -6.72. The zero-order valence-electron chi connectivity index (χ0n) is 27.7. The second-order valence-corrected chi connectivity index (χ2v) is 13.3. The first-order chi connectivity index (χ1) is 25.2. The van der Waals surface area contributed by atoms with Crippen LogP contribution in [0.5, 0.6) is 34.5 Å². The Bertz CT molecular complexity index is 2550. The van der Waals surface area contributed by atoms with E-state index < -0.39 is 0 Å². The van der Waals surface area contributed by atoms with Crippen molar-refractivity contribution in [3.63, 3.8) is 0 Å². The van der Waals surface area contributed by atoms with Gasteiger partial charge >= 0.3 is 0 Å². The van der Waals surface area contributed by atoms with Gasteiger partial charge < -0.3 is 24.0 Å². The highest BCUT2D eigenvalue weighted by molar-refractivity contribution is 6.05. The molecule has 8 aromatic rings. The summed E-state index contributed by atoms with van der Waals surface area (Å²) >= 11 is 0. The summed E-state index contributed by atoms with van der Waals surface area (Å²) in [5.41, 5.74) is 8.47. The van der Waals surface area contributed by atoms with Gasteiger partial charge in [0, 0.05) is 39.2 Å². The van der Waals surface area contributed by atoms with E-state index in [9.17, 15) is 0 Å². The van der Waals surface area contributed by atoms with E-state index in [1.807, 2.05) is 24.3 Å². The quantitative estimate of drug-likeness (QED) is 0.185. The first-order valence-corrected chi connectivity index (χ1v) is 17.3. The predicted molar refractivity (Wildman–Crippen MR) is 205 cm³/mol. The van der Waals surface area contributed by atoms with E-state index in [-0.39, 0.29) is 5.92 Å². The van der Waals surface area contributed by atoms with Gasteiger partial charge in [-0.25, -0.2) is 0 Å². The number of para-hydroxylation sites is 4. The molecule has 0 saturated carbocycles. The second-order valence-electron chi connectivity index (χ2n) is 13.3. The molecule has 0 amide bonds. The highest BCUT2D eigenvalue weighted by atomic mass is 16.5. The SMILES string of the molecule is CC1c2cc(N3c4ccccc4Oc4ccc5ccccc5c43)ccc2Oc2ccc(N3c4ccccc4Oc4ccc5ccccc5c43)cc21. The molecule has 0 atom stereocenters. The molecule has 51 heavy (non-hydrogen) atoms. The molecule has 3 aliphatic heterocycles. The average molecular weight is 659 g/mol. The second kappa shape index (κ2) is 10.6. The van der Waals surface area contributed by atoms with Crippen LogP contribution in [0.25, 0.3) is 21.5 Å². The van der Waals surface area contributed by atoms with Crippen LogP contribution < -0.4 is 24.0 Å². The Morgan fingerprint density at radius 3 is 1.31 bits per heavy atom. The number of benzene rings is 8. The van der Waals surface area contributed by atoms with Crippen molar-refractivity contribution in [1.82, 2.24) is 0 Å². The number of rotatable bonds is 2. The van der Waals surface area contributed by atoms with Crippen molar-refractivity contribution in [3.8, 4) is 34.5 Å². The molecule has 0 bridgehead atoms. The zero-order chi connectivity index (χ0) is 33.6. The van der Waals surface area contributed by atoms with E-state index in [0.29, 0.717) is 0 Å². The van der Waals surface area contributed by atoms with Gasteiger partial charge in [0.25, 0.3) is 0 Å². The first kappa shape index (κ1) is 28.2. The molecule has 11 rings (SSSR count). The fourth-order valence-corrected chi connectivity index (χ4v) is 8.07. The summed E-state index contributed by atoms with van der Waals surface area (Å²) in [6.45, 7) is 2.28. The molecule has 0 radical (unpaired) electrons. The van der Waals surface area contributed by atoms with Gasteiger partial charge in [0.2, 0.25) is 0 Å². The standard InChI is InChI=1S/C46H30N2O3/c1-28-35-26-31(47-37-14-6-8-16-41(37)50-43-22-18-29-10-2-4-12-33(29)45(43)47)20-24-39(35)49-40-25-21-32(27-36(28)40)48-38-15-7-9-17-42(38)51-44-23-19-30-11-3-5-13-34(30)46(44)48/h2-28H,1H3. The van der Waals surface area contributed by atoms with Gasteiger partial charge in [-0.2, -0.15) is 0 Å². The number of ether oxygens (including phenoxy) is 3. The predicted octanol–water partition coefficient (Wildman–Crippen LogP) is 13.4. The van der Waals surface area contributed by atoms with E-state index in [1.165, 1.54) is 10.8 Å². The molecule has 3 heterocycles. The molecule has 0 aliphatic carbocycles. The van der Waals surface area contributed by atoms with Crippen LogP contribution in [0, 0.1) is 0 Å². The van der Waals surface area contributed by atoms with Crippen LogP contribution in [0.2, 0.25) is 0 Å². The van der Waals surface area contributed by atoms with Crippen molar-refractivity contribution in [2.45, 2.75) is 12.8 Å². The normalized spacial score (nSPS) is 13.9. The van der Waals surface area contributed by atoms with E-state index >= 15 is 0 Å². The molecule has 0 N–H and O–H groups in total. The lowest BCUT2D eigenvalue weighted by molar-refractivity contribution is 0.449. The molecule has 0 fully saturated rings. The van der Waals surface area contributed by atoms with Gasteiger partial charge in [0.15, 0.2) is 23.0 Å². The lowest BCUT2D eigenvalue weighted by Gasteiger charge is -2.36. The smallest absolute Gasteiger partial charge is 0.152 e. The Labute approximate surface area is 295 Å². The Kier molecular flexibility index (Phi) is 5.87. The average Bonchev–Trinajstić information content (AvgIpc) is 3.19. The maximum atomic E-state index is 6.66. The van der Waals surface area contributed by atoms with Crippen LogP contribution in [0.15, 0.2) is 158 Å². The number of hydrogen-bond donors (Lipinski definition) is 0. The zero-order valence-corrected chi connectivity index (χ0v) is 27.7. The molecule has 0 unspecified atom stereocenters. The van der Waals surface area contributed by atoms with Crippen molar-refractivity contribution in [2.24, 2.45) is 0 Å². The Balaban J connectivity index is 1.05. The van der Waals surface area contributed by atoms with E-state index in [0.717, 1.165) is 90.5 Å². The largest absolute Gasteiger partial charge is 0.457 e. The minimum atomic E-state index is 0.0650. The molecule has 5 nitrogen and oxygen atoms in total. The molecular weight excluding hydrogens is 629 g/mol. The summed E-state index contributed by atoms with van der Waals surface area (Å²) in [4.78, 5) is 4.67. The van der Waals surface area contributed by atoms with Crippen LogP contribution in [0.4, 0.5) is 34.1 Å². The van der Waals surface area contributed by atoms with Crippen LogP contribution >= 0.6 is 0 Å². The maximum absolute atomic E-state index is 6.66. The van der Waals surface area contributed by atoms with Crippen molar-refractivity contribution in [1.29, 1.82) is 0 Å². The molecule has 3 aliphatic rings. The number of anilines is 6. The van der Waals surface area contributed by atoms with Crippen LogP contribution in [0.3, 0.4) is 0 Å². The molecule has 5 heteroatoms. The van der Waals surface area contributed by atoms with Gasteiger partial charge in [0.05, 0.1) is 22.7 Å². The molecule has 0 saturated heterocycles. The van der Waals surface area contributed by atoms with Gasteiger partial charge in [-0.3, -0.25) is 0 Å². The highest BCUT2D eigenvalue weighted by Gasteiger charge is 2.33. The molecule has 0 aromatic heterocycles. The molecule has 242 valence electrons. The monoisotopic (exact) mass is 658 g/mol.